The maximum atomic E-state index is 9.69. The predicted octanol–water partition coefficient (Wildman–Crippen LogP) is 4.81. The maximum Gasteiger partial charge on any atom is 0.229 e. The van der Waals surface area contributed by atoms with Crippen molar-refractivity contribution in [2.75, 3.05) is 0 Å². The average Bonchev–Trinajstić information content (AvgIpc) is 2.98. The highest BCUT2D eigenvalue weighted by atomic mass is 79.9. The fourth-order valence-corrected chi connectivity index (χ4v) is 3.65. The summed E-state index contributed by atoms with van der Waals surface area (Å²) in [6, 6.07) is 17.3. The third kappa shape index (κ3) is 2.99. The second-order valence-corrected chi connectivity index (χ2v) is 7.52. The number of fused-ring (bicyclic) bond motifs is 1. The molecule has 0 saturated carbocycles. The van der Waals surface area contributed by atoms with Crippen LogP contribution in [0.25, 0.3) is 5.69 Å². The molecule has 3 aromatic rings. The first-order chi connectivity index (χ1) is 13.0. The number of aryl methyl sites for hydroxylation is 1. The maximum absolute atomic E-state index is 9.69. The van der Waals surface area contributed by atoms with Crippen molar-refractivity contribution in [1.82, 2.24) is 9.78 Å². The van der Waals surface area contributed by atoms with Crippen LogP contribution in [0.1, 0.15) is 22.7 Å². The van der Waals surface area contributed by atoms with Crippen molar-refractivity contribution in [3.63, 3.8) is 0 Å². The van der Waals surface area contributed by atoms with Gasteiger partial charge in [-0.05, 0) is 48.9 Å². The van der Waals surface area contributed by atoms with Gasteiger partial charge < -0.3 is 10.5 Å². The molecule has 0 unspecified atom stereocenters. The molecule has 134 valence electrons. The van der Waals surface area contributed by atoms with Gasteiger partial charge in [0.05, 0.1) is 22.9 Å². The van der Waals surface area contributed by atoms with Crippen LogP contribution in [0.15, 0.2) is 64.5 Å². The molecule has 0 saturated heterocycles. The van der Waals surface area contributed by atoms with Crippen LogP contribution in [0.2, 0.25) is 5.02 Å². The van der Waals surface area contributed by atoms with Crippen LogP contribution in [0.4, 0.5) is 0 Å². The fourth-order valence-electron chi connectivity index (χ4n) is 3.26. The number of nitriles is 1. The summed E-state index contributed by atoms with van der Waals surface area (Å²) in [6.07, 6.45) is 0. The Balaban J connectivity index is 1.93. The second-order valence-electron chi connectivity index (χ2n) is 6.17. The molecule has 27 heavy (non-hydrogen) atoms. The Hall–Kier alpha value is -2.75. The van der Waals surface area contributed by atoms with Crippen LogP contribution in [0, 0.1) is 18.3 Å². The van der Waals surface area contributed by atoms with Gasteiger partial charge in [0.15, 0.2) is 0 Å². The molecule has 1 aliphatic rings. The summed E-state index contributed by atoms with van der Waals surface area (Å²) in [5, 5.41) is 15.0. The third-order valence-corrected chi connectivity index (χ3v) is 5.29. The summed E-state index contributed by atoms with van der Waals surface area (Å²) in [5.41, 5.74) is 9.81. The molecule has 4 rings (SSSR count). The average molecular weight is 442 g/mol. The summed E-state index contributed by atoms with van der Waals surface area (Å²) in [7, 11) is 0. The van der Waals surface area contributed by atoms with Gasteiger partial charge in [-0.3, -0.25) is 0 Å². The summed E-state index contributed by atoms with van der Waals surface area (Å²) >= 11 is 9.47. The molecule has 0 radical (unpaired) electrons. The van der Waals surface area contributed by atoms with E-state index in [4.69, 9.17) is 22.1 Å². The lowest BCUT2D eigenvalue weighted by Gasteiger charge is -2.25. The van der Waals surface area contributed by atoms with Crippen molar-refractivity contribution < 1.29 is 4.74 Å². The molecule has 0 aliphatic carbocycles. The van der Waals surface area contributed by atoms with Gasteiger partial charge in [-0.1, -0.05) is 39.7 Å². The number of ether oxygens (including phenoxy) is 1. The van der Waals surface area contributed by atoms with Crippen LogP contribution in [0.5, 0.6) is 5.88 Å². The first-order valence-electron chi connectivity index (χ1n) is 8.18. The van der Waals surface area contributed by atoms with Gasteiger partial charge in [-0.25, -0.2) is 4.68 Å². The Bertz CT molecular complexity index is 1090. The van der Waals surface area contributed by atoms with Crippen molar-refractivity contribution in [2.45, 2.75) is 12.8 Å². The van der Waals surface area contributed by atoms with Crippen LogP contribution < -0.4 is 10.5 Å². The molecule has 0 fully saturated rings. The molecule has 1 atom stereocenters. The van der Waals surface area contributed by atoms with Gasteiger partial charge in [-0.15, -0.1) is 0 Å². The van der Waals surface area contributed by atoms with E-state index in [9.17, 15) is 5.26 Å². The molecule has 0 amide bonds. The first kappa shape index (κ1) is 17.7. The molecule has 1 aromatic heterocycles. The molecule has 0 spiro atoms. The Morgan fingerprint density at radius 2 is 1.85 bits per heavy atom. The van der Waals surface area contributed by atoms with Crippen LogP contribution >= 0.6 is 27.5 Å². The first-order valence-corrected chi connectivity index (χ1v) is 9.35. The highest BCUT2D eigenvalue weighted by Crippen LogP contribution is 2.44. The predicted molar refractivity (Wildman–Crippen MR) is 107 cm³/mol. The summed E-state index contributed by atoms with van der Waals surface area (Å²) in [4.78, 5) is 0. The Labute approximate surface area is 169 Å². The summed E-state index contributed by atoms with van der Waals surface area (Å²) in [6.45, 7) is 1.90. The van der Waals surface area contributed by atoms with E-state index in [2.05, 4.69) is 27.1 Å². The van der Waals surface area contributed by atoms with Gasteiger partial charge in [0.1, 0.15) is 11.6 Å². The highest BCUT2D eigenvalue weighted by molar-refractivity contribution is 9.10. The zero-order valence-corrected chi connectivity index (χ0v) is 16.6. The SMILES string of the molecule is Cc1nn(-c2ccc(Br)cc2)c2c1[C@@H](c1ccc(Cl)cc1)C(C#N)=C(N)O2. The molecule has 2 N–H and O–H groups in total. The zero-order valence-electron chi connectivity index (χ0n) is 14.3. The number of benzene rings is 2. The second kappa shape index (κ2) is 6.76. The van der Waals surface area contributed by atoms with Gasteiger partial charge in [0, 0.05) is 9.50 Å². The van der Waals surface area contributed by atoms with Crippen molar-refractivity contribution in [3.05, 3.63) is 86.3 Å². The molecular weight excluding hydrogens is 428 g/mol. The van der Waals surface area contributed by atoms with Crippen molar-refractivity contribution in [1.29, 1.82) is 5.26 Å². The minimum absolute atomic E-state index is 0.0863. The minimum atomic E-state index is -0.361. The Morgan fingerprint density at radius 3 is 2.48 bits per heavy atom. The van der Waals surface area contributed by atoms with E-state index in [-0.39, 0.29) is 11.8 Å². The zero-order chi connectivity index (χ0) is 19.1. The van der Waals surface area contributed by atoms with Gasteiger partial charge in [0.25, 0.3) is 0 Å². The Morgan fingerprint density at radius 1 is 1.19 bits per heavy atom. The molecule has 2 aromatic carbocycles. The number of hydrogen-bond acceptors (Lipinski definition) is 4. The van der Waals surface area contributed by atoms with E-state index in [1.807, 2.05) is 43.3 Å². The van der Waals surface area contributed by atoms with Gasteiger partial charge in [-0.2, -0.15) is 10.4 Å². The van der Waals surface area contributed by atoms with E-state index in [0.717, 1.165) is 27.0 Å². The molecule has 2 heterocycles. The van der Waals surface area contributed by atoms with E-state index >= 15 is 0 Å². The quantitative estimate of drug-likeness (QED) is 0.619. The fraction of sp³-hybridized carbons (Fsp3) is 0.100. The van der Waals surface area contributed by atoms with Crippen molar-refractivity contribution in [2.24, 2.45) is 5.73 Å². The number of rotatable bonds is 2. The molecule has 7 heteroatoms. The van der Waals surface area contributed by atoms with Gasteiger partial charge in [0.2, 0.25) is 11.8 Å². The molecule has 0 bridgehead atoms. The molecular formula is C20H14BrClN4O. The monoisotopic (exact) mass is 440 g/mol. The van der Waals surface area contributed by atoms with Crippen molar-refractivity contribution >= 4 is 27.5 Å². The van der Waals surface area contributed by atoms with Crippen LogP contribution in [0.3, 0.4) is 0 Å². The van der Waals surface area contributed by atoms with Crippen LogP contribution in [-0.2, 0) is 0 Å². The van der Waals surface area contributed by atoms with E-state index in [1.54, 1.807) is 16.8 Å². The number of aromatic nitrogens is 2. The van der Waals surface area contributed by atoms with Gasteiger partial charge >= 0.3 is 0 Å². The molecule has 5 nitrogen and oxygen atoms in total. The summed E-state index contributed by atoms with van der Waals surface area (Å²) < 4.78 is 8.52. The van der Waals surface area contributed by atoms with E-state index < -0.39 is 0 Å². The van der Waals surface area contributed by atoms with Crippen molar-refractivity contribution in [3.8, 4) is 17.6 Å². The number of hydrogen-bond donors (Lipinski definition) is 1. The number of halogens is 2. The third-order valence-electron chi connectivity index (χ3n) is 4.51. The lowest BCUT2D eigenvalue weighted by molar-refractivity contribution is 0.367. The number of allylic oxidation sites excluding steroid dienone is 1. The molecule has 1 aliphatic heterocycles. The highest BCUT2D eigenvalue weighted by Gasteiger charge is 2.36. The number of nitrogens with zero attached hydrogens (tertiary/aromatic N) is 3. The van der Waals surface area contributed by atoms with E-state index in [1.165, 1.54) is 0 Å². The smallest absolute Gasteiger partial charge is 0.229 e. The standard InChI is InChI=1S/C20H14BrClN4O/c1-11-17-18(12-2-6-14(22)7-3-12)16(10-23)19(24)27-20(17)26(25-11)15-8-4-13(21)5-9-15/h2-9,18H,24H2,1H3/t18-/m0/s1. The summed E-state index contributed by atoms with van der Waals surface area (Å²) in [5.74, 6) is 0.245. The minimum Gasteiger partial charge on any atom is -0.422 e. The number of nitrogens with two attached hydrogens (primary N) is 1. The van der Waals surface area contributed by atoms with E-state index in [0.29, 0.717) is 16.5 Å². The Kier molecular flexibility index (Phi) is 4.42. The largest absolute Gasteiger partial charge is 0.422 e. The topological polar surface area (TPSA) is 76.9 Å². The lowest BCUT2D eigenvalue weighted by atomic mass is 9.84. The normalized spacial score (nSPS) is 15.9. The lowest BCUT2D eigenvalue weighted by Crippen LogP contribution is -2.22. The van der Waals surface area contributed by atoms with Crippen LogP contribution in [-0.4, -0.2) is 9.78 Å².